The number of nitrogens with one attached hydrogen (secondary N) is 1. The Kier molecular flexibility index (Phi) is 4.24. The molecule has 0 amide bonds. The highest BCUT2D eigenvalue weighted by Crippen LogP contribution is 2.32. The summed E-state index contributed by atoms with van der Waals surface area (Å²) in [5, 5.41) is 11.4. The predicted molar refractivity (Wildman–Crippen MR) is 84.5 cm³/mol. The van der Waals surface area contributed by atoms with Gasteiger partial charge in [-0.1, -0.05) is 55.0 Å². The molecule has 0 radical (unpaired) electrons. The van der Waals surface area contributed by atoms with Crippen LogP contribution in [0.25, 0.3) is 11.4 Å². The van der Waals surface area contributed by atoms with Crippen LogP contribution in [-0.2, 0) is 0 Å². The smallest absolute Gasteiger partial charge is 0.240 e. The second-order valence-corrected chi connectivity index (χ2v) is 6.61. The van der Waals surface area contributed by atoms with Gasteiger partial charge in [-0.25, -0.2) is 4.98 Å². The van der Waals surface area contributed by atoms with Gasteiger partial charge in [-0.05, 0) is 18.4 Å². The second kappa shape index (κ2) is 6.31. The molecule has 0 aliphatic heterocycles. The van der Waals surface area contributed by atoms with Gasteiger partial charge in [-0.3, -0.25) is 5.10 Å². The fourth-order valence-electron chi connectivity index (χ4n) is 2.00. The van der Waals surface area contributed by atoms with Crippen LogP contribution in [0.1, 0.15) is 43.4 Å². The van der Waals surface area contributed by atoms with E-state index in [1.165, 1.54) is 23.7 Å². The number of aromatic amines is 1. The molecule has 0 spiro atoms. The molecule has 0 saturated heterocycles. The molecule has 3 aromatic rings. The quantitative estimate of drug-likeness (QED) is 0.721. The summed E-state index contributed by atoms with van der Waals surface area (Å²) in [7, 11) is 0. The Morgan fingerprint density at radius 2 is 1.91 bits per heavy atom. The van der Waals surface area contributed by atoms with Gasteiger partial charge in [-0.2, -0.15) is 10.1 Å². The lowest BCUT2D eigenvalue weighted by Gasteiger charge is -2.04. The molecule has 114 valence electrons. The van der Waals surface area contributed by atoms with Crippen molar-refractivity contribution in [1.82, 2.24) is 25.3 Å². The number of rotatable bonds is 5. The number of nitrogens with zero attached hydrogens (tertiary/aromatic N) is 4. The molecule has 0 aliphatic rings. The van der Waals surface area contributed by atoms with E-state index >= 15 is 0 Å². The zero-order valence-corrected chi connectivity index (χ0v) is 13.5. The van der Waals surface area contributed by atoms with Gasteiger partial charge >= 0.3 is 0 Å². The first-order valence-corrected chi connectivity index (χ1v) is 7.97. The summed E-state index contributed by atoms with van der Waals surface area (Å²) >= 11 is 1.49. The van der Waals surface area contributed by atoms with Gasteiger partial charge in [0, 0.05) is 5.56 Å². The average molecular weight is 315 g/mol. The maximum Gasteiger partial charge on any atom is 0.240 e. The Hall–Kier alpha value is -2.15. The largest absolute Gasteiger partial charge is 0.338 e. The van der Waals surface area contributed by atoms with Gasteiger partial charge < -0.3 is 4.52 Å². The number of benzene rings is 1. The molecule has 6 nitrogen and oxygen atoms in total. The van der Waals surface area contributed by atoms with Gasteiger partial charge in [-0.15, -0.1) is 0 Å². The van der Waals surface area contributed by atoms with Crippen molar-refractivity contribution in [3.8, 4) is 11.4 Å². The minimum atomic E-state index is 0.00383. The Bertz CT molecular complexity index is 721. The van der Waals surface area contributed by atoms with Crippen molar-refractivity contribution in [3.05, 3.63) is 42.0 Å². The van der Waals surface area contributed by atoms with Crippen LogP contribution < -0.4 is 0 Å². The molecule has 1 atom stereocenters. The maximum atomic E-state index is 5.36. The Balaban J connectivity index is 1.75. The second-order valence-electron chi connectivity index (χ2n) is 5.28. The Labute approximate surface area is 132 Å². The van der Waals surface area contributed by atoms with Crippen molar-refractivity contribution in [1.29, 1.82) is 0 Å². The molecule has 2 heterocycles. The van der Waals surface area contributed by atoms with Crippen LogP contribution in [0.3, 0.4) is 0 Å². The fraction of sp³-hybridized carbons (Fsp3) is 0.333. The summed E-state index contributed by atoms with van der Waals surface area (Å²) in [5.41, 5.74) is 2.25. The van der Waals surface area contributed by atoms with Gasteiger partial charge in [0.15, 0.2) is 5.16 Å². The van der Waals surface area contributed by atoms with E-state index in [9.17, 15) is 0 Å². The van der Waals surface area contributed by atoms with Gasteiger partial charge in [0.1, 0.15) is 6.33 Å². The van der Waals surface area contributed by atoms with Gasteiger partial charge in [0.2, 0.25) is 11.7 Å². The van der Waals surface area contributed by atoms with E-state index in [1.807, 2.05) is 19.1 Å². The third-order valence-corrected chi connectivity index (χ3v) is 4.28. The number of aromatic nitrogens is 5. The molecule has 0 bridgehead atoms. The monoisotopic (exact) mass is 315 g/mol. The lowest BCUT2D eigenvalue weighted by atomic mass is 10.0. The highest BCUT2D eigenvalue weighted by molar-refractivity contribution is 7.99. The molecular weight excluding hydrogens is 298 g/mol. The highest BCUT2D eigenvalue weighted by atomic mass is 32.2. The lowest BCUT2D eigenvalue weighted by molar-refractivity contribution is 0.380. The van der Waals surface area contributed by atoms with Crippen LogP contribution in [0.5, 0.6) is 0 Å². The molecule has 22 heavy (non-hydrogen) atoms. The Morgan fingerprint density at radius 1 is 1.14 bits per heavy atom. The number of H-pyrrole nitrogens is 1. The predicted octanol–water partition coefficient (Wildman–Crippen LogP) is 3.83. The first-order valence-electron chi connectivity index (χ1n) is 7.09. The zero-order valence-electron chi connectivity index (χ0n) is 12.6. The van der Waals surface area contributed by atoms with E-state index in [0.29, 0.717) is 17.6 Å². The van der Waals surface area contributed by atoms with Crippen LogP contribution in [0, 0.1) is 0 Å². The van der Waals surface area contributed by atoms with Crippen molar-refractivity contribution >= 4 is 11.8 Å². The molecule has 0 saturated carbocycles. The van der Waals surface area contributed by atoms with Crippen LogP contribution in [0.2, 0.25) is 0 Å². The molecule has 7 heteroatoms. The van der Waals surface area contributed by atoms with E-state index < -0.39 is 0 Å². The number of hydrogen-bond acceptors (Lipinski definition) is 6. The first-order chi connectivity index (χ1) is 10.6. The van der Waals surface area contributed by atoms with E-state index in [1.54, 1.807) is 0 Å². The minimum absolute atomic E-state index is 0.00383. The summed E-state index contributed by atoms with van der Waals surface area (Å²) in [5.74, 6) is 1.69. The summed E-state index contributed by atoms with van der Waals surface area (Å²) in [6.07, 6.45) is 1.48. The molecule has 2 aromatic heterocycles. The molecule has 1 aromatic carbocycles. The summed E-state index contributed by atoms with van der Waals surface area (Å²) in [6, 6.07) is 8.25. The van der Waals surface area contributed by atoms with Crippen LogP contribution in [-0.4, -0.2) is 25.3 Å². The van der Waals surface area contributed by atoms with E-state index in [0.717, 1.165) is 10.7 Å². The Morgan fingerprint density at radius 3 is 2.55 bits per heavy atom. The van der Waals surface area contributed by atoms with E-state index in [-0.39, 0.29) is 5.25 Å². The molecule has 1 unspecified atom stereocenters. The maximum absolute atomic E-state index is 5.36. The van der Waals surface area contributed by atoms with Crippen LogP contribution >= 0.6 is 11.8 Å². The molecule has 0 fully saturated rings. The molecule has 0 aliphatic carbocycles. The third kappa shape index (κ3) is 3.19. The molecule has 3 rings (SSSR count). The van der Waals surface area contributed by atoms with Crippen molar-refractivity contribution in [3.63, 3.8) is 0 Å². The van der Waals surface area contributed by atoms with Crippen molar-refractivity contribution in [2.24, 2.45) is 0 Å². The zero-order chi connectivity index (χ0) is 15.5. The molecular formula is C15H17N5OS. The van der Waals surface area contributed by atoms with E-state index in [4.69, 9.17) is 4.52 Å². The van der Waals surface area contributed by atoms with Crippen LogP contribution in [0.4, 0.5) is 0 Å². The first kappa shape index (κ1) is 14.8. The fourth-order valence-corrected chi connectivity index (χ4v) is 2.75. The standard InChI is InChI=1S/C15H17N5OS/c1-9(2)11-4-6-12(7-5-11)13-18-14(21-20-13)10(3)22-15-16-8-17-19-15/h4-10H,1-3H3,(H,16,17,19). The molecule has 1 N–H and O–H groups in total. The van der Waals surface area contributed by atoms with Crippen molar-refractivity contribution in [2.45, 2.75) is 37.1 Å². The summed E-state index contributed by atoms with van der Waals surface area (Å²) in [4.78, 5) is 8.55. The topological polar surface area (TPSA) is 80.5 Å². The number of hydrogen-bond donors (Lipinski definition) is 1. The van der Waals surface area contributed by atoms with Crippen molar-refractivity contribution in [2.75, 3.05) is 0 Å². The van der Waals surface area contributed by atoms with Gasteiger partial charge in [0.05, 0.1) is 5.25 Å². The van der Waals surface area contributed by atoms with Gasteiger partial charge in [0.25, 0.3) is 0 Å². The SMILES string of the molecule is CC(C)c1ccc(-c2noc(C(C)Sc3ncn[nH]3)n2)cc1. The van der Waals surface area contributed by atoms with E-state index in [2.05, 4.69) is 51.3 Å². The third-order valence-electron chi connectivity index (χ3n) is 3.31. The lowest BCUT2D eigenvalue weighted by Crippen LogP contribution is -1.90. The normalized spacial score (nSPS) is 12.7. The average Bonchev–Trinajstić information content (AvgIpc) is 3.18. The van der Waals surface area contributed by atoms with Crippen molar-refractivity contribution < 1.29 is 4.52 Å². The summed E-state index contributed by atoms with van der Waals surface area (Å²) < 4.78 is 5.36. The summed E-state index contributed by atoms with van der Waals surface area (Å²) in [6.45, 7) is 6.33. The number of thioether (sulfide) groups is 1. The minimum Gasteiger partial charge on any atom is -0.338 e. The van der Waals surface area contributed by atoms with Crippen LogP contribution in [0.15, 0.2) is 40.3 Å². The highest BCUT2D eigenvalue weighted by Gasteiger charge is 2.17.